The molecular weight excluding hydrogens is 536 g/mol. The van der Waals surface area contributed by atoms with Gasteiger partial charge in [0.15, 0.2) is 0 Å². The lowest BCUT2D eigenvalue weighted by Gasteiger charge is -2.35. The van der Waals surface area contributed by atoms with Gasteiger partial charge in [-0.25, -0.2) is 4.98 Å². The van der Waals surface area contributed by atoms with Crippen LogP contribution in [0.15, 0.2) is 36.4 Å². The number of unbranched alkanes of at least 4 members (excludes halogenated alkanes) is 1. The lowest BCUT2D eigenvalue weighted by Crippen LogP contribution is -2.45. The van der Waals surface area contributed by atoms with Gasteiger partial charge in [-0.05, 0) is 80.8 Å². The quantitative estimate of drug-likeness (QED) is 0.210. The molecule has 7 nitrogen and oxygen atoms in total. The number of nitrogens with two attached hydrogens (primary N) is 1. The van der Waals surface area contributed by atoms with Gasteiger partial charge in [0.2, 0.25) is 0 Å². The zero-order chi connectivity index (χ0) is 32.6. The zero-order valence-electron chi connectivity index (χ0n) is 27.6. The van der Waals surface area contributed by atoms with Gasteiger partial charge in [-0.15, -0.1) is 0 Å². The molecule has 3 aromatic rings. The van der Waals surface area contributed by atoms with E-state index in [1.54, 1.807) is 0 Å². The smallest absolute Gasteiger partial charge is 0.253 e. The largest absolute Gasteiger partial charge is 0.398 e. The van der Waals surface area contributed by atoms with Crippen LogP contribution in [0.4, 0.5) is 5.69 Å². The van der Waals surface area contributed by atoms with Crippen LogP contribution in [0.5, 0.6) is 0 Å². The van der Waals surface area contributed by atoms with E-state index < -0.39 is 5.60 Å². The molecule has 5 rings (SSSR count). The molecule has 7 heteroatoms. The third kappa shape index (κ3) is 9.45. The number of hydrogen-bond donors (Lipinski definition) is 3. The van der Waals surface area contributed by atoms with Crippen LogP contribution < -0.4 is 5.73 Å². The highest BCUT2D eigenvalue weighted by molar-refractivity contribution is 6.05. The molecule has 2 heterocycles. The van der Waals surface area contributed by atoms with Crippen LogP contribution in [0.2, 0.25) is 0 Å². The minimum absolute atomic E-state index is 0.0108. The monoisotopic (exact) mass is 590 g/mol. The number of rotatable bonds is 4. The number of fused-ring (bicyclic) bond motifs is 3. The molecule has 2 aromatic carbocycles. The molecule has 1 aliphatic carbocycles. The van der Waals surface area contributed by atoms with E-state index in [1.165, 1.54) is 30.2 Å². The Morgan fingerprint density at radius 2 is 1.51 bits per heavy atom. The van der Waals surface area contributed by atoms with Gasteiger partial charge >= 0.3 is 0 Å². The van der Waals surface area contributed by atoms with Crippen molar-refractivity contribution in [3.63, 3.8) is 0 Å². The number of nitrogen functional groups attached to an aromatic ring is 1. The molecule has 236 valence electrons. The molecule has 2 aliphatic rings. The topological polar surface area (TPSA) is 120 Å². The summed E-state index contributed by atoms with van der Waals surface area (Å²) in [5, 5.41) is 19.1. The van der Waals surface area contributed by atoms with Crippen molar-refractivity contribution < 1.29 is 14.7 Å². The number of aryl methyl sites for hydroxylation is 1. The molecular formula is C36H54N4O3. The first-order valence-corrected chi connectivity index (χ1v) is 15.9. The van der Waals surface area contributed by atoms with Crippen LogP contribution in [0.1, 0.15) is 114 Å². The number of pyridine rings is 1. The number of likely N-dealkylation sites (tertiary alicyclic amines) is 1. The molecule has 4 N–H and O–H groups in total. The molecule has 0 radical (unpaired) electrons. The fraction of sp³-hybridized carbons (Fsp3) is 0.500. The number of nitrogens with one attached hydrogen (secondary N) is 1. The van der Waals surface area contributed by atoms with Crippen molar-refractivity contribution in [1.29, 1.82) is 5.41 Å². The first-order chi connectivity index (χ1) is 20.8. The van der Waals surface area contributed by atoms with Crippen LogP contribution in [0, 0.1) is 5.41 Å². The second-order valence-corrected chi connectivity index (χ2v) is 10.6. The maximum absolute atomic E-state index is 13.0. The van der Waals surface area contributed by atoms with E-state index in [0.717, 1.165) is 53.4 Å². The van der Waals surface area contributed by atoms with Gasteiger partial charge in [0.05, 0.1) is 16.8 Å². The van der Waals surface area contributed by atoms with Gasteiger partial charge in [-0.3, -0.25) is 4.79 Å². The Kier molecular flexibility index (Phi) is 16.4. The number of carbonyl (C=O) groups is 2. The Labute approximate surface area is 259 Å². The summed E-state index contributed by atoms with van der Waals surface area (Å²) in [6, 6.07) is 11.5. The Balaban J connectivity index is 0.000000828. The van der Waals surface area contributed by atoms with E-state index >= 15 is 0 Å². The SMILES string of the molecule is C=O.CC.CC.CC1(O)CCN(C(=O)c2ccc(-c3nc4ccc(N)c(C=N)c4c4c3CCCC4)cc2)CC1.CCCC. The number of carbonyl (C=O) groups excluding carboxylic acids is 2. The van der Waals surface area contributed by atoms with Gasteiger partial charge in [0.25, 0.3) is 5.91 Å². The first kappa shape index (κ1) is 37.4. The van der Waals surface area contributed by atoms with Crippen molar-refractivity contribution in [2.45, 2.75) is 105 Å². The fourth-order valence-electron chi connectivity index (χ4n) is 5.20. The average Bonchev–Trinajstić information content (AvgIpc) is 3.07. The van der Waals surface area contributed by atoms with E-state index in [9.17, 15) is 9.90 Å². The molecule has 0 bridgehead atoms. The molecule has 0 unspecified atom stereocenters. The Bertz CT molecular complexity index is 1290. The van der Waals surface area contributed by atoms with Gasteiger partial charge in [-0.2, -0.15) is 0 Å². The summed E-state index contributed by atoms with van der Waals surface area (Å²) in [4.78, 5) is 27.8. The summed E-state index contributed by atoms with van der Waals surface area (Å²) >= 11 is 0. The number of piperidine rings is 1. The summed E-state index contributed by atoms with van der Waals surface area (Å²) in [7, 11) is 0. The lowest BCUT2D eigenvalue weighted by molar-refractivity contribution is -0.0980. The highest BCUT2D eigenvalue weighted by Crippen LogP contribution is 2.37. The van der Waals surface area contributed by atoms with E-state index in [-0.39, 0.29) is 5.91 Å². The third-order valence-electron chi connectivity index (χ3n) is 7.72. The normalized spacial score (nSPS) is 14.6. The first-order valence-electron chi connectivity index (χ1n) is 15.9. The van der Waals surface area contributed by atoms with Gasteiger partial charge in [0, 0.05) is 47.1 Å². The molecule has 1 fully saturated rings. The van der Waals surface area contributed by atoms with Gasteiger partial charge in [-0.1, -0.05) is 66.5 Å². The standard InChI is InChI=1S/C27H30N4O2.C4H10.2C2H6.CH2O/c1-27(33)12-14-31(15-13-27)26(32)18-8-6-17(7-9-18)25-20-5-3-2-4-19(20)24-21(16-28)22(29)10-11-23(24)30-25;1-3-4-2;3*1-2/h6-11,16,28,33H,2-5,12-15,29H2,1H3;3-4H2,1-2H3;2*1-2H3;1H2. The van der Waals surface area contributed by atoms with Crippen molar-refractivity contribution in [3.05, 3.63) is 58.7 Å². The molecule has 43 heavy (non-hydrogen) atoms. The second-order valence-electron chi connectivity index (χ2n) is 10.6. The van der Waals surface area contributed by atoms with Gasteiger partial charge in [0.1, 0.15) is 6.79 Å². The highest BCUT2D eigenvalue weighted by atomic mass is 16.3. The Morgan fingerprint density at radius 3 is 2.02 bits per heavy atom. The number of benzene rings is 2. The fourth-order valence-corrected chi connectivity index (χ4v) is 5.20. The van der Waals surface area contributed by atoms with Crippen LogP contribution in [0.25, 0.3) is 22.2 Å². The molecule has 0 spiro atoms. The number of hydrogen-bond acceptors (Lipinski definition) is 6. The van der Waals surface area contributed by atoms with Crippen LogP contribution >= 0.6 is 0 Å². The summed E-state index contributed by atoms with van der Waals surface area (Å²) in [6.45, 7) is 17.3. The molecule has 1 aromatic heterocycles. The maximum atomic E-state index is 13.0. The Morgan fingerprint density at radius 1 is 0.977 bits per heavy atom. The van der Waals surface area contributed by atoms with Crippen molar-refractivity contribution in [1.82, 2.24) is 9.88 Å². The van der Waals surface area contributed by atoms with Crippen molar-refractivity contribution in [2.75, 3.05) is 18.8 Å². The number of aromatic nitrogens is 1. The molecule has 1 saturated heterocycles. The number of anilines is 1. The van der Waals surface area contributed by atoms with E-state index in [2.05, 4.69) is 13.8 Å². The number of amides is 1. The molecule has 1 aliphatic heterocycles. The minimum Gasteiger partial charge on any atom is -0.398 e. The predicted molar refractivity (Wildman–Crippen MR) is 182 cm³/mol. The Hall–Kier alpha value is -3.58. The summed E-state index contributed by atoms with van der Waals surface area (Å²) in [5.74, 6) is 0.0108. The molecule has 0 atom stereocenters. The van der Waals surface area contributed by atoms with Crippen molar-refractivity contribution in [3.8, 4) is 11.3 Å². The van der Waals surface area contributed by atoms with E-state index in [0.29, 0.717) is 37.2 Å². The lowest BCUT2D eigenvalue weighted by atomic mass is 9.84. The van der Waals surface area contributed by atoms with E-state index in [1.807, 2.05) is 82.7 Å². The van der Waals surface area contributed by atoms with Crippen molar-refractivity contribution >= 4 is 35.5 Å². The minimum atomic E-state index is -0.677. The predicted octanol–water partition coefficient (Wildman–Crippen LogP) is 8.02. The van der Waals surface area contributed by atoms with Crippen molar-refractivity contribution in [2.24, 2.45) is 0 Å². The van der Waals surface area contributed by atoms with Gasteiger partial charge < -0.3 is 25.9 Å². The zero-order valence-corrected chi connectivity index (χ0v) is 27.6. The van der Waals surface area contributed by atoms with Crippen LogP contribution in [-0.4, -0.2) is 52.6 Å². The third-order valence-corrected chi connectivity index (χ3v) is 7.72. The second kappa shape index (κ2) is 18.9. The highest BCUT2D eigenvalue weighted by Gasteiger charge is 2.30. The van der Waals surface area contributed by atoms with Crippen LogP contribution in [-0.2, 0) is 17.6 Å². The molecule has 1 amide bonds. The number of nitrogens with zero attached hydrogens (tertiary/aromatic N) is 2. The maximum Gasteiger partial charge on any atom is 0.253 e. The van der Waals surface area contributed by atoms with Crippen LogP contribution in [0.3, 0.4) is 0 Å². The summed E-state index contributed by atoms with van der Waals surface area (Å²) in [5.41, 5.74) is 12.8. The summed E-state index contributed by atoms with van der Waals surface area (Å²) in [6.07, 6.45) is 9.33. The number of aliphatic hydroxyl groups is 1. The summed E-state index contributed by atoms with van der Waals surface area (Å²) < 4.78 is 0. The van der Waals surface area contributed by atoms with E-state index in [4.69, 9.17) is 20.9 Å². The molecule has 0 saturated carbocycles. The average molecular weight is 591 g/mol.